The molecule has 0 aliphatic heterocycles. The number of carbonyl (C=O) groups is 1. The maximum Gasteiger partial charge on any atom is 0.258 e. The molecular formula is C21H16N4OS2. The Hall–Kier alpha value is -3.16. The Morgan fingerprint density at radius 3 is 2.61 bits per heavy atom. The molecule has 5 nitrogen and oxygen atoms in total. The van der Waals surface area contributed by atoms with E-state index < -0.39 is 0 Å². The molecule has 0 atom stereocenters. The molecule has 4 rings (SSSR count). The number of carbonyl (C=O) groups excluding carboxylic acids is 1. The standard InChI is InChI=1S/C21H16N4OS2/c26-20(15-4-3-11-22-13-15)25-21(27)23-16-9-7-14(8-10-16)12-19-24-17-5-1-2-6-18(17)28-19/h1-11,13H,12H2,(H2,23,25,26,27). The predicted molar refractivity (Wildman–Crippen MR) is 117 cm³/mol. The molecule has 0 bridgehead atoms. The van der Waals surface area contributed by atoms with Crippen LogP contribution in [0.4, 0.5) is 5.69 Å². The van der Waals surface area contributed by atoms with Crippen LogP contribution in [-0.4, -0.2) is 21.0 Å². The van der Waals surface area contributed by atoms with Gasteiger partial charge >= 0.3 is 0 Å². The minimum atomic E-state index is -0.293. The van der Waals surface area contributed by atoms with Crippen molar-refractivity contribution in [2.45, 2.75) is 6.42 Å². The van der Waals surface area contributed by atoms with Crippen LogP contribution < -0.4 is 10.6 Å². The molecule has 0 radical (unpaired) electrons. The lowest BCUT2D eigenvalue weighted by atomic mass is 10.1. The van der Waals surface area contributed by atoms with Crippen LogP contribution in [0.15, 0.2) is 73.1 Å². The Bertz CT molecular complexity index is 1090. The lowest BCUT2D eigenvalue weighted by molar-refractivity contribution is 0.0977. The highest BCUT2D eigenvalue weighted by molar-refractivity contribution is 7.80. The Labute approximate surface area is 171 Å². The summed E-state index contributed by atoms with van der Waals surface area (Å²) >= 11 is 6.93. The Kier molecular flexibility index (Phi) is 5.36. The van der Waals surface area contributed by atoms with E-state index in [1.54, 1.807) is 29.7 Å². The molecule has 0 spiro atoms. The Morgan fingerprint density at radius 1 is 1.04 bits per heavy atom. The van der Waals surface area contributed by atoms with Gasteiger partial charge in [-0.1, -0.05) is 24.3 Å². The van der Waals surface area contributed by atoms with Crippen LogP contribution in [0.3, 0.4) is 0 Å². The maximum atomic E-state index is 12.1. The normalized spacial score (nSPS) is 10.6. The minimum Gasteiger partial charge on any atom is -0.332 e. The maximum absolute atomic E-state index is 12.1. The van der Waals surface area contributed by atoms with Crippen LogP contribution in [0.1, 0.15) is 20.9 Å². The average molecular weight is 405 g/mol. The molecule has 28 heavy (non-hydrogen) atoms. The lowest BCUT2D eigenvalue weighted by Gasteiger charge is -2.10. The molecule has 2 N–H and O–H groups in total. The van der Waals surface area contributed by atoms with Crippen LogP contribution in [0, 0.1) is 0 Å². The van der Waals surface area contributed by atoms with Crippen molar-refractivity contribution in [1.29, 1.82) is 0 Å². The molecule has 7 heteroatoms. The number of anilines is 1. The van der Waals surface area contributed by atoms with Crippen LogP contribution >= 0.6 is 23.6 Å². The summed E-state index contributed by atoms with van der Waals surface area (Å²) in [5, 5.41) is 7.00. The van der Waals surface area contributed by atoms with Crippen molar-refractivity contribution in [2.75, 3.05) is 5.32 Å². The van der Waals surface area contributed by atoms with Gasteiger partial charge in [-0.05, 0) is 54.2 Å². The number of thiazole rings is 1. The van der Waals surface area contributed by atoms with E-state index in [0.717, 1.165) is 28.2 Å². The van der Waals surface area contributed by atoms with Gasteiger partial charge in [-0.15, -0.1) is 11.3 Å². The number of hydrogen-bond acceptors (Lipinski definition) is 5. The van der Waals surface area contributed by atoms with E-state index in [-0.39, 0.29) is 11.0 Å². The summed E-state index contributed by atoms with van der Waals surface area (Å²) < 4.78 is 1.20. The highest BCUT2D eigenvalue weighted by atomic mass is 32.1. The summed E-state index contributed by atoms with van der Waals surface area (Å²) in [7, 11) is 0. The molecule has 4 aromatic rings. The van der Waals surface area contributed by atoms with Crippen LogP contribution in [-0.2, 0) is 6.42 Å². The first-order chi connectivity index (χ1) is 13.7. The van der Waals surface area contributed by atoms with E-state index in [1.165, 1.54) is 10.9 Å². The number of fused-ring (bicyclic) bond motifs is 1. The summed E-state index contributed by atoms with van der Waals surface area (Å²) in [5.41, 5.74) is 3.47. The number of para-hydroxylation sites is 1. The number of aromatic nitrogens is 2. The van der Waals surface area contributed by atoms with E-state index in [4.69, 9.17) is 12.2 Å². The minimum absolute atomic E-state index is 0.243. The highest BCUT2D eigenvalue weighted by Gasteiger charge is 2.08. The van der Waals surface area contributed by atoms with Gasteiger partial charge in [0.05, 0.1) is 20.8 Å². The van der Waals surface area contributed by atoms with Crippen molar-refractivity contribution >= 4 is 50.5 Å². The molecular weight excluding hydrogens is 388 g/mol. The predicted octanol–water partition coefficient (Wildman–Crippen LogP) is 4.41. The van der Waals surface area contributed by atoms with Crippen LogP contribution in [0.2, 0.25) is 0 Å². The summed E-state index contributed by atoms with van der Waals surface area (Å²) in [6, 6.07) is 19.5. The van der Waals surface area contributed by atoms with Crippen molar-refractivity contribution in [1.82, 2.24) is 15.3 Å². The van der Waals surface area contributed by atoms with Crippen molar-refractivity contribution in [3.63, 3.8) is 0 Å². The van der Waals surface area contributed by atoms with Crippen LogP contribution in [0.25, 0.3) is 10.2 Å². The van der Waals surface area contributed by atoms with Crippen molar-refractivity contribution in [2.24, 2.45) is 0 Å². The fourth-order valence-corrected chi connectivity index (χ4v) is 3.92. The number of benzene rings is 2. The highest BCUT2D eigenvalue weighted by Crippen LogP contribution is 2.24. The smallest absolute Gasteiger partial charge is 0.258 e. The summed E-state index contributed by atoms with van der Waals surface area (Å²) in [5.74, 6) is -0.293. The fourth-order valence-electron chi connectivity index (χ4n) is 2.71. The first-order valence-electron chi connectivity index (χ1n) is 8.63. The van der Waals surface area contributed by atoms with E-state index in [0.29, 0.717) is 5.56 Å². The third kappa shape index (κ3) is 4.39. The second-order valence-corrected chi connectivity index (χ2v) is 7.62. The van der Waals surface area contributed by atoms with Gasteiger partial charge in [0.15, 0.2) is 5.11 Å². The zero-order chi connectivity index (χ0) is 19.3. The van der Waals surface area contributed by atoms with E-state index in [1.807, 2.05) is 42.5 Å². The Balaban J connectivity index is 1.36. The summed E-state index contributed by atoms with van der Waals surface area (Å²) in [6.45, 7) is 0. The average Bonchev–Trinajstić information content (AvgIpc) is 3.12. The van der Waals surface area contributed by atoms with Gasteiger partial charge in [0.2, 0.25) is 0 Å². The van der Waals surface area contributed by atoms with Gasteiger partial charge in [-0.3, -0.25) is 15.1 Å². The zero-order valence-corrected chi connectivity index (χ0v) is 16.4. The summed E-state index contributed by atoms with van der Waals surface area (Å²) in [4.78, 5) is 20.7. The molecule has 0 aliphatic rings. The number of rotatable bonds is 4. The molecule has 2 heterocycles. The zero-order valence-electron chi connectivity index (χ0n) is 14.8. The number of amides is 1. The molecule has 1 amide bonds. The molecule has 0 saturated carbocycles. The van der Waals surface area contributed by atoms with Gasteiger partial charge in [0.25, 0.3) is 5.91 Å². The SMILES string of the molecule is O=C(NC(=S)Nc1ccc(Cc2nc3ccccc3s2)cc1)c1cccnc1. The number of hydrogen-bond donors (Lipinski definition) is 2. The first kappa shape index (κ1) is 18.2. The topological polar surface area (TPSA) is 66.9 Å². The molecule has 2 aromatic heterocycles. The second kappa shape index (κ2) is 8.24. The largest absolute Gasteiger partial charge is 0.332 e. The van der Waals surface area contributed by atoms with Gasteiger partial charge in [-0.2, -0.15) is 0 Å². The molecule has 0 aliphatic carbocycles. The lowest BCUT2D eigenvalue weighted by Crippen LogP contribution is -2.34. The monoisotopic (exact) mass is 404 g/mol. The quantitative estimate of drug-likeness (QED) is 0.493. The number of nitrogens with one attached hydrogen (secondary N) is 2. The van der Waals surface area contributed by atoms with Crippen molar-refractivity contribution in [3.8, 4) is 0 Å². The van der Waals surface area contributed by atoms with Gasteiger partial charge in [-0.25, -0.2) is 4.98 Å². The second-order valence-electron chi connectivity index (χ2n) is 6.10. The van der Waals surface area contributed by atoms with Crippen LogP contribution in [0.5, 0.6) is 0 Å². The third-order valence-electron chi connectivity index (χ3n) is 4.06. The summed E-state index contributed by atoms with van der Waals surface area (Å²) in [6.07, 6.45) is 3.89. The third-order valence-corrected chi connectivity index (χ3v) is 5.30. The molecule has 0 unspecified atom stereocenters. The van der Waals surface area contributed by atoms with Crippen molar-refractivity contribution in [3.05, 3.63) is 89.2 Å². The number of nitrogens with zero attached hydrogens (tertiary/aromatic N) is 2. The van der Waals surface area contributed by atoms with E-state index in [9.17, 15) is 4.79 Å². The van der Waals surface area contributed by atoms with E-state index in [2.05, 4.69) is 26.7 Å². The molecule has 0 fully saturated rings. The number of pyridine rings is 1. The van der Waals surface area contributed by atoms with Crippen molar-refractivity contribution < 1.29 is 4.79 Å². The van der Waals surface area contributed by atoms with Gasteiger partial charge < -0.3 is 5.32 Å². The van der Waals surface area contributed by atoms with E-state index >= 15 is 0 Å². The molecule has 2 aromatic carbocycles. The number of thiocarbonyl (C=S) groups is 1. The Morgan fingerprint density at radius 2 is 1.86 bits per heavy atom. The van der Waals surface area contributed by atoms with Gasteiger partial charge in [0.1, 0.15) is 0 Å². The fraction of sp³-hybridized carbons (Fsp3) is 0.0476. The molecule has 0 saturated heterocycles. The first-order valence-corrected chi connectivity index (χ1v) is 9.85. The molecule has 138 valence electrons. The van der Waals surface area contributed by atoms with Gasteiger partial charge in [0, 0.05) is 24.5 Å².